The number of anilines is 1. The molecule has 0 saturated heterocycles. The Bertz CT molecular complexity index is 897. The zero-order valence-electron chi connectivity index (χ0n) is 12.9. The van der Waals surface area contributed by atoms with Gasteiger partial charge in [-0.2, -0.15) is 0 Å². The van der Waals surface area contributed by atoms with Gasteiger partial charge >= 0.3 is 0 Å². The molecule has 0 radical (unpaired) electrons. The summed E-state index contributed by atoms with van der Waals surface area (Å²) in [6, 6.07) is 17.2. The van der Waals surface area contributed by atoms with Gasteiger partial charge in [0, 0.05) is 21.8 Å². The summed E-state index contributed by atoms with van der Waals surface area (Å²) in [4.78, 5) is 23.5. The first-order valence-corrected chi connectivity index (χ1v) is 7.69. The molecule has 120 valence electrons. The number of nitrogens with one attached hydrogen (secondary N) is 1. The van der Waals surface area contributed by atoms with E-state index in [0.717, 1.165) is 5.56 Å². The second-order valence-corrected chi connectivity index (χ2v) is 5.70. The van der Waals surface area contributed by atoms with Crippen LogP contribution in [0.1, 0.15) is 27.8 Å². The Morgan fingerprint density at radius 3 is 2.42 bits per heavy atom. The molecule has 1 amide bonds. The molecule has 0 spiro atoms. The standard InChI is InChI=1S/C19H14ClNO3/c1-12(22)13-5-7-16(8-6-13)21-19(23)18-10-9-17(24-18)14-3-2-4-15(20)11-14/h2-11H,1H3,(H,21,23). The van der Waals surface area contributed by atoms with Crippen molar-refractivity contribution in [3.8, 4) is 11.3 Å². The number of hydrogen-bond acceptors (Lipinski definition) is 3. The highest BCUT2D eigenvalue weighted by molar-refractivity contribution is 6.30. The number of rotatable bonds is 4. The molecule has 0 bridgehead atoms. The third-order valence-electron chi connectivity index (χ3n) is 3.49. The Morgan fingerprint density at radius 1 is 1.00 bits per heavy atom. The third kappa shape index (κ3) is 3.55. The summed E-state index contributed by atoms with van der Waals surface area (Å²) in [6.07, 6.45) is 0. The molecule has 0 fully saturated rings. The fraction of sp³-hybridized carbons (Fsp3) is 0.0526. The van der Waals surface area contributed by atoms with Crippen molar-refractivity contribution in [2.45, 2.75) is 6.92 Å². The van der Waals surface area contributed by atoms with Crippen molar-refractivity contribution in [2.75, 3.05) is 5.32 Å². The van der Waals surface area contributed by atoms with Crippen LogP contribution in [0.15, 0.2) is 65.1 Å². The highest BCUT2D eigenvalue weighted by Crippen LogP contribution is 2.25. The van der Waals surface area contributed by atoms with E-state index >= 15 is 0 Å². The highest BCUT2D eigenvalue weighted by Gasteiger charge is 2.13. The molecule has 4 nitrogen and oxygen atoms in total. The van der Waals surface area contributed by atoms with E-state index in [4.69, 9.17) is 16.0 Å². The van der Waals surface area contributed by atoms with Gasteiger partial charge in [0.2, 0.25) is 0 Å². The smallest absolute Gasteiger partial charge is 0.291 e. The van der Waals surface area contributed by atoms with Crippen molar-refractivity contribution in [1.82, 2.24) is 0 Å². The van der Waals surface area contributed by atoms with E-state index in [9.17, 15) is 9.59 Å². The number of amides is 1. The normalized spacial score (nSPS) is 10.4. The molecule has 1 aromatic heterocycles. The lowest BCUT2D eigenvalue weighted by molar-refractivity contribution is 0.0995. The first kappa shape index (κ1) is 16.0. The number of Topliss-reactive ketones (excluding diaryl/α,β-unsaturated/α-hetero) is 1. The molecule has 0 saturated carbocycles. The van der Waals surface area contributed by atoms with Gasteiger partial charge < -0.3 is 9.73 Å². The quantitative estimate of drug-likeness (QED) is 0.676. The van der Waals surface area contributed by atoms with Gasteiger partial charge in [0.05, 0.1) is 0 Å². The van der Waals surface area contributed by atoms with Crippen molar-refractivity contribution >= 4 is 29.0 Å². The van der Waals surface area contributed by atoms with Gasteiger partial charge in [-0.25, -0.2) is 0 Å². The van der Waals surface area contributed by atoms with Gasteiger partial charge in [0.15, 0.2) is 11.5 Å². The first-order valence-electron chi connectivity index (χ1n) is 7.31. The molecule has 0 atom stereocenters. The van der Waals surface area contributed by atoms with Crippen LogP contribution < -0.4 is 5.32 Å². The van der Waals surface area contributed by atoms with E-state index in [1.165, 1.54) is 6.92 Å². The van der Waals surface area contributed by atoms with Crippen molar-refractivity contribution in [1.29, 1.82) is 0 Å². The number of furan rings is 1. The lowest BCUT2D eigenvalue weighted by atomic mass is 10.1. The second kappa shape index (κ2) is 6.72. The molecule has 1 heterocycles. The van der Waals surface area contributed by atoms with Gasteiger partial charge in [0.1, 0.15) is 5.76 Å². The van der Waals surface area contributed by atoms with E-state index in [2.05, 4.69) is 5.32 Å². The van der Waals surface area contributed by atoms with Crippen molar-refractivity contribution in [2.24, 2.45) is 0 Å². The lowest BCUT2D eigenvalue weighted by Gasteiger charge is -2.04. The predicted octanol–water partition coefficient (Wildman–Crippen LogP) is 5.05. The predicted molar refractivity (Wildman–Crippen MR) is 93.6 cm³/mol. The van der Waals surface area contributed by atoms with Crippen LogP contribution in [-0.2, 0) is 0 Å². The Kier molecular flexibility index (Phi) is 4.49. The number of benzene rings is 2. The first-order chi connectivity index (χ1) is 11.5. The van der Waals surface area contributed by atoms with Crippen molar-refractivity contribution in [3.05, 3.63) is 77.0 Å². The van der Waals surface area contributed by atoms with Gasteiger partial charge in [-0.05, 0) is 55.5 Å². The molecular formula is C19H14ClNO3. The van der Waals surface area contributed by atoms with E-state index in [-0.39, 0.29) is 17.5 Å². The number of hydrogen-bond donors (Lipinski definition) is 1. The Hall–Kier alpha value is -2.85. The molecule has 2 aromatic carbocycles. The van der Waals surface area contributed by atoms with E-state index in [0.29, 0.717) is 22.0 Å². The molecule has 3 rings (SSSR count). The molecule has 3 aromatic rings. The minimum atomic E-state index is -0.362. The maximum absolute atomic E-state index is 12.2. The molecular weight excluding hydrogens is 326 g/mol. The van der Waals surface area contributed by atoms with Crippen LogP contribution in [0.4, 0.5) is 5.69 Å². The fourth-order valence-corrected chi connectivity index (χ4v) is 2.43. The average molecular weight is 340 g/mol. The van der Waals surface area contributed by atoms with E-state index < -0.39 is 0 Å². The van der Waals surface area contributed by atoms with Gasteiger partial charge in [-0.1, -0.05) is 23.7 Å². The Balaban J connectivity index is 1.75. The average Bonchev–Trinajstić information content (AvgIpc) is 3.05. The summed E-state index contributed by atoms with van der Waals surface area (Å²) in [5, 5.41) is 3.33. The summed E-state index contributed by atoms with van der Waals surface area (Å²) >= 11 is 5.96. The molecule has 5 heteroatoms. The lowest BCUT2D eigenvalue weighted by Crippen LogP contribution is -2.10. The van der Waals surface area contributed by atoms with Crippen LogP contribution in [0.5, 0.6) is 0 Å². The summed E-state index contributed by atoms with van der Waals surface area (Å²) in [7, 11) is 0. The Labute approximate surface area is 144 Å². The summed E-state index contributed by atoms with van der Waals surface area (Å²) in [5.41, 5.74) is 1.98. The highest BCUT2D eigenvalue weighted by atomic mass is 35.5. The molecule has 0 aliphatic carbocycles. The fourth-order valence-electron chi connectivity index (χ4n) is 2.24. The third-order valence-corrected chi connectivity index (χ3v) is 3.72. The topological polar surface area (TPSA) is 59.3 Å². The number of carbonyl (C=O) groups excluding carboxylic acids is 2. The van der Waals surface area contributed by atoms with Crippen LogP contribution in [0.2, 0.25) is 5.02 Å². The SMILES string of the molecule is CC(=O)c1ccc(NC(=O)c2ccc(-c3cccc(Cl)c3)o2)cc1. The molecule has 0 unspecified atom stereocenters. The van der Waals surface area contributed by atoms with Crippen LogP contribution in [0, 0.1) is 0 Å². The molecule has 24 heavy (non-hydrogen) atoms. The molecule has 0 aliphatic heterocycles. The largest absolute Gasteiger partial charge is 0.451 e. The summed E-state index contributed by atoms with van der Waals surface area (Å²) in [5.74, 6) is 0.374. The van der Waals surface area contributed by atoms with Crippen molar-refractivity contribution < 1.29 is 14.0 Å². The Morgan fingerprint density at radius 2 is 1.75 bits per heavy atom. The van der Waals surface area contributed by atoms with E-state index in [1.807, 2.05) is 12.1 Å². The zero-order valence-corrected chi connectivity index (χ0v) is 13.6. The minimum absolute atomic E-state index is 0.0231. The van der Waals surface area contributed by atoms with Crippen molar-refractivity contribution in [3.63, 3.8) is 0 Å². The summed E-state index contributed by atoms with van der Waals surface area (Å²) < 4.78 is 5.60. The summed E-state index contributed by atoms with van der Waals surface area (Å²) in [6.45, 7) is 1.49. The van der Waals surface area contributed by atoms with Crippen LogP contribution >= 0.6 is 11.6 Å². The number of halogens is 1. The maximum Gasteiger partial charge on any atom is 0.291 e. The minimum Gasteiger partial charge on any atom is -0.451 e. The van der Waals surface area contributed by atoms with Gasteiger partial charge in [-0.3, -0.25) is 9.59 Å². The van der Waals surface area contributed by atoms with E-state index in [1.54, 1.807) is 48.5 Å². The second-order valence-electron chi connectivity index (χ2n) is 5.26. The number of ketones is 1. The van der Waals surface area contributed by atoms with Crippen LogP contribution in [0.25, 0.3) is 11.3 Å². The zero-order chi connectivity index (χ0) is 17.1. The van der Waals surface area contributed by atoms with Crippen LogP contribution in [-0.4, -0.2) is 11.7 Å². The van der Waals surface area contributed by atoms with Crippen LogP contribution in [0.3, 0.4) is 0 Å². The maximum atomic E-state index is 12.2. The van der Waals surface area contributed by atoms with Gasteiger partial charge in [0.25, 0.3) is 5.91 Å². The number of carbonyl (C=O) groups is 2. The van der Waals surface area contributed by atoms with Gasteiger partial charge in [-0.15, -0.1) is 0 Å². The molecule has 0 aliphatic rings. The monoisotopic (exact) mass is 339 g/mol. The molecule has 1 N–H and O–H groups in total.